The molecule has 1 N–H and O–H groups in total. The Bertz CT molecular complexity index is 172. The second-order valence-electron chi connectivity index (χ2n) is 5.86. The van der Waals surface area contributed by atoms with Crippen molar-refractivity contribution in [2.45, 2.75) is 53.5 Å². The molecule has 0 fully saturated rings. The minimum Gasteiger partial charge on any atom is -0.265 e. The van der Waals surface area contributed by atoms with E-state index in [1.165, 1.54) is 12.2 Å². The summed E-state index contributed by atoms with van der Waals surface area (Å²) in [5.74, 6) is 5.32. The van der Waals surface area contributed by atoms with Crippen LogP contribution in [-0.2, 0) is 0 Å². The first kappa shape index (κ1) is 13.2. The molecule has 0 amide bonds. The first-order valence-corrected chi connectivity index (χ1v) is 6.45. The normalized spacial score (nSPS) is 15.8. The molecule has 80 valence electrons. The number of hydrogen-bond acceptors (Lipinski definition) is 1. The SMILES string of the molecule is C=S(CCC(C)(C)C)NC(C)(C)C. The van der Waals surface area contributed by atoms with Gasteiger partial charge in [-0.15, -0.1) is 10.7 Å². The summed E-state index contributed by atoms with van der Waals surface area (Å²) in [6, 6.07) is 0. The topological polar surface area (TPSA) is 12.0 Å². The van der Waals surface area contributed by atoms with E-state index in [1.54, 1.807) is 0 Å². The van der Waals surface area contributed by atoms with Crippen molar-refractivity contribution in [1.29, 1.82) is 0 Å². The molecule has 0 heterocycles. The van der Waals surface area contributed by atoms with Crippen LogP contribution in [0, 0.1) is 5.41 Å². The van der Waals surface area contributed by atoms with E-state index >= 15 is 0 Å². The Morgan fingerprint density at radius 3 is 1.85 bits per heavy atom. The summed E-state index contributed by atoms with van der Waals surface area (Å²) in [5.41, 5.74) is 0.630. The van der Waals surface area contributed by atoms with Gasteiger partial charge < -0.3 is 0 Å². The van der Waals surface area contributed by atoms with Crippen LogP contribution in [0.4, 0.5) is 0 Å². The van der Waals surface area contributed by atoms with Crippen LogP contribution in [0.25, 0.3) is 0 Å². The van der Waals surface area contributed by atoms with Gasteiger partial charge in [0, 0.05) is 11.3 Å². The zero-order valence-electron chi connectivity index (χ0n) is 10.0. The zero-order valence-corrected chi connectivity index (χ0v) is 10.8. The number of hydrogen-bond donors (Lipinski definition) is 1. The highest BCUT2D eigenvalue weighted by atomic mass is 32.2. The molecule has 1 atom stereocenters. The van der Waals surface area contributed by atoms with Crippen molar-refractivity contribution in [2.75, 3.05) is 5.75 Å². The van der Waals surface area contributed by atoms with Crippen LogP contribution >= 0.6 is 10.7 Å². The van der Waals surface area contributed by atoms with Crippen molar-refractivity contribution in [1.82, 2.24) is 4.72 Å². The van der Waals surface area contributed by atoms with Gasteiger partial charge in [-0.2, -0.15) is 0 Å². The van der Waals surface area contributed by atoms with Crippen LogP contribution in [-0.4, -0.2) is 17.2 Å². The highest BCUT2D eigenvalue weighted by Gasteiger charge is 2.13. The third-order valence-corrected chi connectivity index (χ3v) is 3.15. The molecule has 2 heteroatoms. The van der Waals surface area contributed by atoms with E-state index in [0.29, 0.717) is 5.41 Å². The van der Waals surface area contributed by atoms with Gasteiger partial charge in [-0.1, -0.05) is 26.6 Å². The lowest BCUT2D eigenvalue weighted by Crippen LogP contribution is -2.32. The fraction of sp³-hybridized carbons (Fsp3) is 0.909. The van der Waals surface area contributed by atoms with E-state index in [4.69, 9.17) is 0 Å². The molecule has 0 aromatic rings. The van der Waals surface area contributed by atoms with Crippen LogP contribution in [0.2, 0.25) is 0 Å². The van der Waals surface area contributed by atoms with E-state index in [9.17, 15) is 0 Å². The maximum Gasteiger partial charge on any atom is 0.0193 e. The fourth-order valence-electron chi connectivity index (χ4n) is 0.913. The quantitative estimate of drug-likeness (QED) is 0.693. The third-order valence-electron chi connectivity index (χ3n) is 1.55. The van der Waals surface area contributed by atoms with Gasteiger partial charge in [-0.3, -0.25) is 4.72 Å². The van der Waals surface area contributed by atoms with Crippen molar-refractivity contribution in [3.63, 3.8) is 0 Å². The Morgan fingerprint density at radius 1 is 1.08 bits per heavy atom. The maximum absolute atomic E-state index is 4.14. The van der Waals surface area contributed by atoms with Crippen LogP contribution in [0.15, 0.2) is 0 Å². The van der Waals surface area contributed by atoms with Crippen molar-refractivity contribution >= 4 is 16.5 Å². The van der Waals surface area contributed by atoms with Crippen LogP contribution in [0.1, 0.15) is 48.0 Å². The van der Waals surface area contributed by atoms with Crippen molar-refractivity contribution in [2.24, 2.45) is 5.41 Å². The van der Waals surface area contributed by atoms with E-state index in [1.807, 2.05) is 0 Å². The van der Waals surface area contributed by atoms with E-state index in [2.05, 4.69) is 52.1 Å². The van der Waals surface area contributed by atoms with Gasteiger partial charge in [-0.25, -0.2) is 0 Å². The van der Waals surface area contributed by atoms with Gasteiger partial charge in [-0.05, 0) is 32.6 Å². The van der Waals surface area contributed by atoms with E-state index < -0.39 is 0 Å². The number of rotatable bonds is 3. The highest BCUT2D eigenvalue weighted by Crippen LogP contribution is 2.23. The van der Waals surface area contributed by atoms with Gasteiger partial charge in [0.2, 0.25) is 0 Å². The molecule has 0 aromatic heterocycles. The van der Waals surface area contributed by atoms with Crippen molar-refractivity contribution in [3.05, 3.63) is 0 Å². The molecular weight excluding hydrogens is 178 g/mol. The molecule has 13 heavy (non-hydrogen) atoms. The fourth-order valence-corrected chi connectivity index (χ4v) is 2.74. The minimum atomic E-state index is 0.114. The largest absolute Gasteiger partial charge is 0.265 e. The zero-order chi connectivity index (χ0) is 10.7. The van der Waals surface area contributed by atoms with Crippen LogP contribution in [0.3, 0.4) is 0 Å². The van der Waals surface area contributed by atoms with Crippen molar-refractivity contribution in [3.8, 4) is 0 Å². The minimum absolute atomic E-state index is 0.114. The van der Waals surface area contributed by atoms with Crippen LogP contribution in [0.5, 0.6) is 0 Å². The average molecular weight is 203 g/mol. The molecule has 0 spiro atoms. The maximum atomic E-state index is 4.14. The van der Waals surface area contributed by atoms with Crippen LogP contribution < -0.4 is 4.72 Å². The van der Waals surface area contributed by atoms with Crippen molar-refractivity contribution < 1.29 is 0 Å². The molecule has 1 nitrogen and oxygen atoms in total. The Morgan fingerprint density at radius 2 is 1.54 bits per heavy atom. The molecule has 0 aliphatic rings. The first-order valence-electron chi connectivity index (χ1n) is 4.89. The van der Waals surface area contributed by atoms with Gasteiger partial charge >= 0.3 is 0 Å². The summed E-state index contributed by atoms with van der Waals surface area (Å²) in [4.78, 5) is 0. The third kappa shape index (κ3) is 10.1. The first-order chi connectivity index (χ1) is 5.60. The Labute approximate surface area is 86.4 Å². The molecule has 0 aliphatic heterocycles. The Hall–Kier alpha value is 0.180. The van der Waals surface area contributed by atoms with Gasteiger partial charge in [0.05, 0.1) is 0 Å². The molecule has 0 saturated heterocycles. The smallest absolute Gasteiger partial charge is 0.0193 e. The Kier molecular flexibility index (Phi) is 4.67. The molecular formula is C11H25NS. The molecule has 0 aliphatic carbocycles. The summed E-state index contributed by atoms with van der Waals surface area (Å²) in [5, 5.41) is 0. The van der Waals surface area contributed by atoms with Gasteiger partial charge in [0.15, 0.2) is 0 Å². The summed E-state index contributed by atoms with van der Waals surface area (Å²) >= 11 is 0. The molecule has 0 aromatic carbocycles. The van der Waals surface area contributed by atoms with Gasteiger partial charge in [0.1, 0.15) is 0 Å². The highest BCUT2D eigenvalue weighted by molar-refractivity contribution is 8.12. The average Bonchev–Trinajstić information content (AvgIpc) is 1.78. The lowest BCUT2D eigenvalue weighted by atomic mass is 9.94. The van der Waals surface area contributed by atoms with E-state index in [0.717, 1.165) is 0 Å². The molecule has 0 rings (SSSR count). The monoisotopic (exact) mass is 203 g/mol. The summed E-state index contributed by atoms with van der Waals surface area (Å²) < 4.78 is 3.51. The second-order valence-corrected chi connectivity index (χ2v) is 7.46. The molecule has 0 radical (unpaired) electrons. The number of nitrogens with one attached hydrogen (secondary N) is 1. The lowest BCUT2D eigenvalue weighted by molar-refractivity contribution is 0.400. The standard InChI is InChI=1S/C11H25NS/c1-10(2,3)8-9-13(7)12-11(4,5)6/h12H,7-9H2,1-6H3. The van der Waals surface area contributed by atoms with Gasteiger partial charge in [0.25, 0.3) is 0 Å². The molecule has 1 unspecified atom stereocenters. The predicted octanol–water partition coefficient (Wildman–Crippen LogP) is 3.43. The molecule has 0 saturated carbocycles. The predicted molar refractivity (Wildman–Crippen MR) is 66.5 cm³/mol. The lowest BCUT2D eigenvalue weighted by Gasteiger charge is -2.25. The summed E-state index contributed by atoms with van der Waals surface area (Å²) in [7, 11) is 0.114. The Balaban J connectivity index is 3.78. The van der Waals surface area contributed by atoms with E-state index in [-0.39, 0.29) is 16.2 Å². The summed E-state index contributed by atoms with van der Waals surface area (Å²) in [6.07, 6.45) is 1.24. The second kappa shape index (κ2) is 4.61. The summed E-state index contributed by atoms with van der Waals surface area (Å²) in [6.45, 7) is 13.4. The molecule has 0 bridgehead atoms.